The number of morpholine rings is 1. The standard InChI is InChI=1S/C23H27N5O2S/c1-2-18-8-10-19(11-9-18)24-22(29)17-31-23-26-25-21(16-27-12-14-30-15-13-27)28(23)20-6-4-3-5-7-20/h3-11H,2,12-17H2,1H3,(H,24,29)/p+1. The molecule has 7 nitrogen and oxygen atoms in total. The van der Waals surface area contributed by atoms with Crippen molar-refractivity contribution in [2.45, 2.75) is 25.0 Å². The van der Waals surface area contributed by atoms with Gasteiger partial charge in [-0.05, 0) is 36.2 Å². The highest BCUT2D eigenvalue weighted by Gasteiger charge is 2.21. The molecule has 1 aliphatic heterocycles. The summed E-state index contributed by atoms with van der Waals surface area (Å²) in [5, 5.41) is 12.6. The number of hydrogen-bond acceptors (Lipinski definition) is 5. The molecule has 2 N–H and O–H groups in total. The van der Waals surface area contributed by atoms with E-state index in [2.05, 4.69) is 27.0 Å². The second kappa shape index (κ2) is 10.6. The van der Waals surface area contributed by atoms with Crippen molar-refractivity contribution in [2.75, 3.05) is 37.4 Å². The maximum atomic E-state index is 12.5. The lowest BCUT2D eigenvalue weighted by Gasteiger charge is -2.23. The Bertz CT molecular complexity index is 985. The average Bonchev–Trinajstić information content (AvgIpc) is 3.22. The molecule has 162 valence electrons. The van der Waals surface area contributed by atoms with Crippen LogP contribution >= 0.6 is 11.8 Å². The van der Waals surface area contributed by atoms with E-state index in [0.29, 0.717) is 0 Å². The van der Waals surface area contributed by atoms with Gasteiger partial charge in [0, 0.05) is 11.4 Å². The Morgan fingerprint density at radius 3 is 2.55 bits per heavy atom. The SMILES string of the molecule is CCc1ccc(NC(=O)CSc2nnc(C[NH+]3CCOCC3)n2-c2ccccc2)cc1. The minimum Gasteiger partial charge on any atom is -0.370 e. The van der Waals surface area contributed by atoms with Gasteiger partial charge in [0.1, 0.15) is 19.6 Å². The number of anilines is 1. The van der Waals surface area contributed by atoms with Crippen LogP contribution in [0.15, 0.2) is 59.8 Å². The van der Waals surface area contributed by atoms with Gasteiger partial charge in [-0.15, -0.1) is 10.2 Å². The first-order valence-electron chi connectivity index (χ1n) is 10.7. The summed E-state index contributed by atoms with van der Waals surface area (Å²) in [5.74, 6) is 1.11. The highest BCUT2D eigenvalue weighted by molar-refractivity contribution is 7.99. The zero-order chi connectivity index (χ0) is 21.5. The van der Waals surface area contributed by atoms with Crippen molar-refractivity contribution >= 4 is 23.4 Å². The molecule has 0 spiro atoms. The molecule has 2 aromatic carbocycles. The van der Waals surface area contributed by atoms with Gasteiger partial charge >= 0.3 is 0 Å². The lowest BCUT2D eigenvalue weighted by Crippen LogP contribution is -3.12. The Labute approximate surface area is 186 Å². The summed E-state index contributed by atoms with van der Waals surface area (Å²) in [6, 6.07) is 18.0. The summed E-state index contributed by atoms with van der Waals surface area (Å²) >= 11 is 1.40. The van der Waals surface area contributed by atoms with Crippen LogP contribution in [-0.2, 0) is 22.5 Å². The number of quaternary nitrogens is 1. The fourth-order valence-corrected chi connectivity index (χ4v) is 4.33. The van der Waals surface area contributed by atoms with E-state index in [4.69, 9.17) is 4.74 Å². The topological polar surface area (TPSA) is 73.5 Å². The first-order valence-corrected chi connectivity index (χ1v) is 11.6. The summed E-state index contributed by atoms with van der Waals surface area (Å²) < 4.78 is 7.54. The molecule has 1 amide bonds. The second-order valence-corrected chi connectivity index (χ2v) is 8.44. The van der Waals surface area contributed by atoms with Gasteiger partial charge in [-0.3, -0.25) is 9.36 Å². The summed E-state index contributed by atoms with van der Waals surface area (Å²) in [7, 11) is 0. The number of nitrogens with one attached hydrogen (secondary N) is 2. The maximum absolute atomic E-state index is 12.5. The molecule has 0 radical (unpaired) electrons. The van der Waals surface area contributed by atoms with Gasteiger partial charge in [0.25, 0.3) is 0 Å². The van der Waals surface area contributed by atoms with Gasteiger partial charge in [0.15, 0.2) is 11.0 Å². The number of carbonyl (C=O) groups is 1. The molecule has 1 aromatic heterocycles. The molecule has 0 bridgehead atoms. The van der Waals surface area contributed by atoms with Crippen molar-refractivity contribution in [3.05, 3.63) is 66.0 Å². The van der Waals surface area contributed by atoms with Crippen molar-refractivity contribution in [2.24, 2.45) is 0 Å². The molecular weight excluding hydrogens is 410 g/mol. The third-order valence-electron chi connectivity index (χ3n) is 5.30. The summed E-state index contributed by atoms with van der Waals surface area (Å²) in [6.07, 6.45) is 0.980. The smallest absolute Gasteiger partial charge is 0.234 e. The predicted molar refractivity (Wildman–Crippen MR) is 122 cm³/mol. The number of benzene rings is 2. The number of para-hydroxylation sites is 1. The molecule has 0 saturated carbocycles. The predicted octanol–water partition coefficient (Wildman–Crippen LogP) is 1.98. The van der Waals surface area contributed by atoms with Crippen LogP contribution in [0.25, 0.3) is 5.69 Å². The fourth-order valence-electron chi connectivity index (χ4n) is 3.56. The number of aryl methyl sites for hydroxylation is 1. The zero-order valence-electron chi connectivity index (χ0n) is 17.7. The number of nitrogens with zero attached hydrogens (tertiary/aromatic N) is 3. The monoisotopic (exact) mass is 438 g/mol. The molecule has 3 aromatic rings. The molecule has 2 heterocycles. The molecule has 0 aliphatic carbocycles. The quantitative estimate of drug-likeness (QED) is 0.526. The van der Waals surface area contributed by atoms with Crippen molar-refractivity contribution in [1.29, 1.82) is 0 Å². The Morgan fingerprint density at radius 2 is 1.84 bits per heavy atom. The normalized spacial score (nSPS) is 14.5. The van der Waals surface area contributed by atoms with Crippen LogP contribution < -0.4 is 10.2 Å². The molecule has 4 rings (SSSR count). The Balaban J connectivity index is 1.46. The second-order valence-electron chi connectivity index (χ2n) is 7.50. The number of ether oxygens (including phenoxy) is 1. The van der Waals surface area contributed by atoms with E-state index in [1.165, 1.54) is 22.2 Å². The Morgan fingerprint density at radius 1 is 1.10 bits per heavy atom. The lowest BCUT2D eigenvalue weighted by molar-refractivity contribution is -0.922. The third kappa shape index (κ3) is 5.72. The van der Waals surface area contributed by atoms with Crippen LogP contribution in [0.4, 0.5) is 5.69 Å². The van der Waals surface area contributed by atoms with E-state index in [1.54, 1.807) is 0 Å². The van der Waals surface area contributed by atoms with E-state index in [9.17, 15) is 4.79 Å². The van der Waals surface area contributed by atoms with E-state index in [1.807, 2.05) is 54.6 Å². The van der Waals surface area contributed by atoms with Gasteiger partial charge in [0.05, 0.1) is 19.0 Å². The van der Waals surface area contributed by atoms with Gasteiger partial charge in [-0.25, -0.2) is 0 Å². The Kier molecular flexibility index (Phi) is 7.35. The number of aromatic nitrogens is 3. The fraction of sp³-hybridized carbons (Fsp3) is 0.348. The van der Waals surface area contributed by atoms with Crippen LogP contribution in [0.5, 0.6) is 0 Å². The Hall–Kier alpha value is -2.68. The average molecular weight is 439 g/mol. The van der Waals surface area contributed by atoms with Crippen molar-refractivity contribution in [3.8, 4) is 5.69 Å². The van der Waals surface area contributed by atoms with Crippen molar-refractivity contribution < 1.29 is 14.4 Å². The van der Waals surface area contributed by atoms with Gasteiger partial charge < -0.3 is 15.0 Å². The van der Waals surface area contributed by atoms with E-state index in [0.717, 1.165) is 61.6 Å². The molecule has 31 heavy (non-hydrogen) atoms. The van der Waals surface area contributed by atoms with Gasteiger partial charge in [-0.2, -0.15) is 0 Å². The highest BCUT2D eigenvalue weighted by Crippen LogP contribution is 2.22. The summed E-state index contributed by atoms with van der Waals surface area (Å²) in [4.78, 5) is 13.9. The van der Waals surface area contributed by atoms with Crippen LogP contribution in [-0.4, -0.2) is 52.7 Å². The first-order chi connectivity index (χ1) is 15.2. The molecule has 0 unspecified atom stereocenters. The number of rotatable bonds is 8. The first kappa shape index (κ1) is 21.5. The van der Waals surface area contributed by atoms with Crippen molar-refractivity contribution in [1.82, 2.24) is 14.8 Å². The number of carbonyl (C=O) groups excluding carboxylic acids is 1. The maximum Gasteiger partial charge on any atom is 0.234 e. The van der Waals surface area contributed by atoms with Crippen LogP contribution in [0.1, 0.15) is 18.3 Å². The molecule has 1 fully saturated rings. The third-order valence-corrected chi connectivity index (χ3v) is 6.23. The lowest BCUT2D eigenvalue weighted by atomic mass is 10.1. The number of thioether (sulfide) groups is 1. The van der Waals surface area contributed by atoms with Gasteiger partial charge in [-0.1, -0.05) is 49.0 Å². The number of amides is 1. The van der Waals surface area contributed by atoms with Crippen LogP contribution in [0, 0.1) is 0 Å². The minimum absolute atomic E-state index is 0.0581. The zero-order valence-corrected chi connectivity index (χ0v) is 18.5. The summed E-state index contributed by atoms with van der Waals surface area (Å²) in [5.41, 5.74) is 3.07. The highest BCUT2D eigenvalue weighted by atomic mass is 32.2. The molecular formula is C23H28N5O2S+. The van der Waals surface area contributed by atoms with E-state index in [-0.39, 0.29) is 11.7 Å². The van der Waals surface area contributed by atoms with Crippen LogP contribution in [0.3, 0.4) is 0 Å². The minimum atomic E-state index is -0.0581. The van der Waals surface area contributed by atoms with Crippen molar-refractivity contribution in [3.63, 3.8) is 0 Å². The molecule has 0 atom stereocenters. The van der Waals surface area contributed by atoms with Gasteiger partial charge in [0.2, 0.25) is 5.91 Å². The molecule has 1 saturated heterocycles. The summed E-state index contributed by atoms with van der Waals surface area (Å²) in [6.45, 7) is 6.36. The number of hydrogen-bond donors (Lipinski definition) is 2. The van der Waals surface area contributed by atoms with Crippen LogP contribution in [0.2, 0.25) is 0 Å². The molecule has 8 heteroatoms. The van der Waals surface area contributed by atoms with E-state index < -0.39 is 0 Å². The molecule has 1 aliphatic rings. The van der Waals surface area contributed by atoms with E-state index >= 15 is 0 Å². The largest absolute Gasteiger partial charge is 0.370 e.